The van der Waals surface area contributed by atoms with E-state index < -0.39 is 0 Å². The number of carbonyl (C=O) groups is 1. The maximum absolute atomic E-state index is 12.3. The van der Waals surface area contributed by atoms with E-state index in [1.807, 2.05) is 32.0 Å². The highest BCUT2D eigenvalue weighted by Gasteiger charge is 2.11. The lowest BCUT2D eigenvalue weighted by molar-refractivity contribution is 0.102. The van der Waals surface area contributed by atoms with Crippen LogP contribution in [-0.4, -0.2) is 19.6 Å². The molecule has 0 radical (unpaired) electrons. The van der Waals surface area contributed by atoms with Crippen LogP contribution in [-0.2, 0) is 0 Å². The van der Waals surface area contributed by atoms with E-state index >= 15 is 0 Å². The summed E-state index contributed by atoms with van der Waals surface area (Å²) in [4.78, 5) is 12.3. The van der Waals surface area contributed by atoms with Gasteiger partial charge in [-0.15, -0.1) is 0 Å². The summed E-state index contributed by atoms with van der Waals surface area (Å²) in [7, 11) is 1.55. The first-order valence-corrected chi connectivity index (χ1v) is 7.72. The molecule has 0 atom stereocenters. The highest BCUT2D eigenvalue weighted by Crippen LogP contribution is 2.28. The highest BCUT2D eigenvalue weighted by atomic mass is 79.9. The zero-order chi connectivity index (χ0) is 16.1. The fourth-order valence-corrected chi connectivity index (χ4v) is 2.26. The molecule has 2 rings (SSSR count). The number of carbonyl (C=O) groups excluding carboxylic acids is 1. The number of amides is 1. The van der Waals surface area contributed by atoms with Crippen LogP contribution in [0.15, 0.2) is 40.9 Å². The SMILES string of the molecule is CCOc1ccc(C(=O)Nc2ccc(Br)c(C)c2)cc1OC. The van der Waals surface area contributed by atoms with Crippen molar-refractivity contribution in [2.45, 2.75) is 13.8 Å². The van der Waals surface area contributed by atoms with E-state index in [-0.39, 0.29) is 5.91 Å². The van der Waals surface area contributed by atoms with Gasteiger partial charge in [-0.1, -0.05) is 15.9 Å². The minimum absolute atomic E-state index is 0.192. The van der Waals surface area contributed by atoms with Gasteiger partial charge in [-0.05, 0) is 55.8 Å². The molecule has 22 heavy (non-hydrogen) atoms. The third kappa shape index (κ3) is 3.80. The predicted octanol–water partition coefficient (Wildman–Crippen LogP) is 4.42. The standard InChI is InChI=1S/C17H18BrNO3/c1-4-22-15-8-5-12(10-16(15)21-3)17(20)19-13-6-7-14(18)11(2)9-13/h5-10H,4H2,1-3H3,(H,19,20). The van der Waals surface area contributed by atoms with Crippen molar-refractivity contribution < 1.29 is 14.3 Å². The van der Waals surface area contributed by atoms with Crippen molar-refractivity contribution in [1.82, 2.24) is 0 Å². The van der Waals surface area contributed by atoms with Crippen molar-refractivity contribution in [3.05, 3.63) is 52.0 Å². The maximum atomic E-state index is 12.3. The van der Waals surface area contributed by atoms with E-state index in [0.717, 1.165) is 15.7 Å². The van der Waals surface area contributed by atoms with Gasteiger partial charge in [-0.2, -0.15) is 0 Å². The average molecular weight is 364 g/mol. The molecule has 0 bridgehead atoms. The minimum Gasteiger partial charge on any atom is -0.493 e. The fourth-order valence-electron chi connectivity index (χ4n) is 2.01. The number of halogens is 1. The zero-order valence-corrected chi connectivity index (χ0v) is 14.4. The maximum Gasteiger partial charge on any atom is 0.255 e. The Morgan fingerprint density at radius 1 is 1.18 bits per heavy atom. The molecule has 1 amide bonds. The number of aryl methyl sites for hydroxylation is 1. The molecular formula is C17H18BrNO3. The van der Waals surface area contributed by atoms with E-state index in [2.05, 4.69) is 21.2 Å². The van der Waals surface area contributed by atoms with Crippen LogP contribution in [0.1, 0.15) is 22.8 Å². The summed E-state index contributed by atoms with van der Waals surface area (Å²) in [6.07, 6.45) is 0. The molecule has 116 valence electrons. The summed E-state index contributed by atoms with van der Waals surface area (Å²) in [6.45, 7) is 4.41. The van der Waals surface area contributed by atoms with Crippen molar-refractivity contribution in [2.24, 2.45) is 0 Å². The summed E-state index contributed by atoms with van der Waals surface area (Å²) in [5.74, 6) is 0.977. The van der Waals surface area contributed by atoms with Crippen LogP contribution in [0.2, 0.25) is 0 Å². The quantitative estimate of drug-likeness (QED) is 0.855. The second-order valence-corrected chi connectivity index (χ2v) is 5.57. The minimum atomic E-state index is -0.192. The van der Waals surface area contributed by atoms with Gasteiger partial charge in [0.1, 0.15) is 0 Å². The molecule has 0 aliphatic carbocycles. The van der Waals surface area contributed by atoms with Gasteiger partial charge in [-0.25, -0.2) is 0 Å². The third-order valence-corrected chi connectivity index (χ3v) is 4.03. The summed E-state index contributed by atoms with van der Waals surface area (Å²) in [6, 6.07) is 10.8. The van der Waals surface area contributed by atoms with E-state index in [4.69, 9.17) is 9.47 Å². The van der Waals surface area contributed by atoms with Gasteiger partial charge in [0.15, 0.2) is 11.5 Å². The van der Waals surface area contributed by atoms with Crippen LogP contribution >= 0.6 is 15.9 Å². The summed E-state index contributed by atoms with van der Waals surface area (Å²) in [5, 5.41) is 2.87. The molecule has 0 aliphatic rings. The number of rotatable bonds is 5. The number of anilines is 1. The van der Waals surface area contributed by atoms with E-state index in [9.17, 15) is 4.79 Å². The van der Waals surface area contributed by atoms with Gasteiger partial charge in [0, 0.05) is 15.7 Å². The molecule has 0 aromatic heterocycles. The van der Waals surface area contributed by atoms with Crippen LogP contribution in [0.4, 0.5) is 5.69 Å². The molecule has 1 N–H and O–H groups in total. The zero-order valence-electron chi connectivity index (χ0n) is 12.8. The van der Waals surface area contributed by atoms with Crippen molar-refractivity contribution in [2.75, 3.05) is 19.0 Å². The molecule has 2 aromatic rings. The summed E-state index contributed by atoms with van der Waals surface area (Å²) < 4.78 is 11.7. The molecular weight excluding hydrogens is 346 g/mol. The van der Waals surface area contributed by atoms with Gasteiger partial charge in [0.05, 0.1) is 13.7 Å². The van der Waals surface area contributed by atoms with Crippen LogP contribution in [0.25, 0.3) is 0 Å². The molecule has 2 aromatic carbocycles. The normalized spacial score (nSPS) is 10.2. The number of hydrogen-bond acceptors (Lipinski definition) is 3. The van der Waals surface area contributed by atoms with Gasteiger partial charge in [-0.3, -0.25) is 4.79 Å². The van der Waals surface area contributed by atoms with Crippen LogP contribution < -0.4 is 14.8 Å². The molecule has 4 nitrogen and oxygen atoms in total. The highest BCUT2D eigenvalue weighted by molar-refractivity contribution is 9.10. The number of hydrogen-bond donors (Lipinski definition) is 1. The van der Waals surface area contributed by atoms with E-state index in [1.54, 1.807) is 25.3 Å². The van der Waals surface area contributed by atoms with Gasteiger partial charge < -0.3 is 14.8 Å². The Morgan fingerprint density at radius 3 is 2.59 bits per heavy atom. The predicted molar refractivity (Wildman–Crippen MR) is 91.0 cm³/mol. The van der Waals surface area contributed by atoms with Crippen molar-refractivity contribution >= 4 is 27.5 Å². The molecule has 0 spiro atoms. The first-order chi connectivity index (χ1) is 10.5. The molecule has 0 unspecified atom stereocenters. The lowest BCUT2D eigenvalue weighted by Gasteiger charge is -2.11. The number of nitrogens with one attached hydrogen (secondary N) is 1. The Morgan fingerprint density at radius 2 is 1.95 bits per heavy atom. The van der Waals surface area contributed by atoms with Crippen molar-refractivity contribution in [1.29, 1.82) is 0 Å². The van der Waals surface area contributed by atoms with Crippen LogP contribution in [0.5, 0.6) is 11.5 Å². The largest absolute Gasteiger partial charge is 0.493 e. The lowest BCUT2D eigenvalue weighted by Crippen LogP contribution is -2.12. The summed E-state index contributed by atoms with van der Waals surface area (Å²) in [5.41, 5.74) is 2.32. The fraction of sp³-hybridized carbons (Fsp3) is 0.235. The number of methoxy groups -OCH3 is 1. The molecule has 0 saturated heterocycles. The Kier molecular flexibility index (Phi) is 5.44. The molecule has 0 fully saturated rings. The Hall–Kier alpha value is -2.01. The van der Waals surface area contributed by atoms with E-state index in [0.29, 0.717) is 23.7 Å². The van der Waals surface area contributed by atoms with Crippen molar-refractivity contribution in [3.63, 3.8) is 0 Å². The molecule has 0 saturated carbocycles. The Balaban J connectivity index is 2.20. The van der Waals surface area contributed by atoms with Crippen molar-refractivity contribution in [3.8, 4) is 11.5 Å². The number of ether oxygens (including phenoxy) is 2. The average Bonchev–Trinajstić information content (AvgIpc) is 2.51. The van der Waals surface area contributed by atoms with Gasteiger partial charge in [0.25, 0.3) is 5.91 Å². The molecule has 5 heteroatoms. The first-order valence-electron chi connectivity index (χ1n) is 6.93. The van der Waals surface area contributed by atoms with Crippen LogP contribution in [0.3, 0.4) is 0 Å². The van der Waals surface area contributed by atoms with Gasteiger partial charge in [0.2, 0.25) is 0 Å². The summed E-state index contributed by atoms with van der Waals surface area (Å²) >= 11 is 3.44. The van der Waals surface area contributed by atoms with Crippen LogP contribution in [0, 0.1) is 6.92 Å². The second-order valence-electron chi connectivity index (χ2n) is 4.72. The Bertz CT molecular complexity index is 686. The monoisotopic (exact) mass is 363 g/mol. The van der Waals surface area contributed by atoms with E-state index in [1.165, 1.54) is 0 Å². The van der Waals surface area contributed by atoms with Gasteiger partial charge >= 0.3 is 0 Å². The smallest absolute Gasteiger partial charge is 0.255 e. The number of benzene rings is 2. The lowest BCUT2D eigenvalue weighted by atomic mass is 10.1. The molecule has 0 aliphatic heterocycles. The first kappa shape index (κ1) is 16.4. The Labute approximate surface area is 138 Å². The third-order valence-electron chi connectivity index (χ3n) is 3.14. The topological polar surface area (TPSA) is 47.6 Å². The molecule has 0 heterocycles. The second kappa shape index (κ2) is 7.31.